The zero-order chi connectivity index (χ0) is 15.9. The first-order chi connectivity index (χ1) is 10.6. The molecule has 0 aliphatic rings. The van der Waals surface area contributed by atoms with Crippen LogP contribution in [-0.2, 0) is 6.54 Å². The Morgan fingerprint density at radius 2 is 1.77 bits per heavy atom. The molecule has 2 rings (SSSR count). The summed E-state index contributed by atoms with van der Waals surface area (Å²) in [6.45, 7) is 2.08. The summed E-state index contributed by atoms with van der Waals surface area (Å²) in [7, 11) is 0. The molecule has 0 spiro atoms. The molecule has 0 heterocycles. The molecule has 0 saturated carbocycles. The Morgan fingerprint density at radius 1 is 1.05 bits per heavy atom. The van der Waals surface area contributed by atoms with E-state index in [-0.39, 0.29) is 5.69 Å². The van der Waals surface area contributed by atoms with Crippen molar-refractivity contribution < 1.29 is 4.92 Å². The number of nitrogens with zero attached hydrogens (tertiary/aromatic N) is 1. The normalized spacial score (nSPS) is 10.5. The number of rotatable bonds is 7. The minimum absolute atomic E-state index is 0.0843. The first-order valence-corrected chi connectivity index (χ1v) is 7.45. The van der Waals surface area contributed by atoms with Crippen LogP contribution in [0.4, 0.5) is 11.4 Å². The van der Waals surface area contributed by atoms with Gasteiger partial charge in [0.25, 0.3) is 5.69 Å². The lowest BCUT2D eigenvalue weighted by Gasteiger charge is -2.09. The molecule has 0 bridgehead atoms. The smallest absolute Gasteiger partial charge is 0.269 e. The van der Waals surface area contributed by atoms with Gasteiger partial charge in [-0.1, -0.05) is 29.3 Å². The molecule has 0 radical (unpaired) electrons. The van der Waals surface area contributed by atoms with E-state index in [9.17, 15) is 10.1 Å². The summed E-state index contributed by atoms with van der Waals surface area (Å²) in [5.41, 5.74) is 1.92. The lowest BCUT2D eigenvalue weighted by Crippen LogP contribution is -2.21. The maximum Gasteiger partial charge on any atom is 0.269 e. The van der Waals surface area contributed by atoms with Gasteiger partial charge < -0.3 is 10.6 Å². The van der Waals surface area contributed by atoms with Gasteiger partial charge in [0, 0.05) is 47.5 Å². The van der Waals surface area contributed by atoms with Gasteiger partial charge in [-0.15, -0.1) is 0 Å². The van der Waals surface area contributed by atoms with E-state index in [1.165, 1.54) is 12.1 Å². The highest BCUT2D eigenvalue weighted by Gasteiger charge is 2.03. The molecule has 2 aromatic rings. The van der Waals surface area contributed by atoms with Crippen LogP contribution in [-0.4, -0.2) is 18.0 Å². The van der Waals surface area contributed by atoms with Crippen molar-refractivity contribution >= 4 is 34.6 Å². The number of hydrogen-bond acceptors (Lipinski definition) is 4. The van der Waals surface area contributed by atoms with Gasteiger partial charge in [-0.3, -0.25) is 10.1 Å². The van der Waals surface area contributed by atoms with Crippen molar-refractivity contribution in [1.82, 2.24) is 5.32 Å². The summed E-state index contributed by atoms with van der Waals surface area (Å²) in [4.78, 5) is 10.1. The highest BCUT2D eigenvalue weighted by atomic mass is 35.5. The standard InChI is InChI=1S/C15H15Cl2N3O2/c16-12-2-1-11(15(17)9-12)10-18-7-8-19-13-3-5-14(6-4-13)20(21)22/h1-6,9,18-19H,7-8,10H2. The number of non-ortho nitro benzene ring substituents is 1. The number of nitrogens with one attached hydrogen (secondary N) is 2. The van der Waals surface area contributed by atoms with Crippen LogP contribution in [0.2, 0.25) is 10.0 Å². The molecule has 22 heavy (non-hydrogen) atoms. The Morgan fingerprint density at radius 3 is 2.41 bits per heavy atom. The molecule has 0 amide bonds. The van der Waals surface area contributed by atoms with E-state index >= 15 is 0 Å². The molecule has 116 valence electrons. The summed E-state index contributed by atoms with van der Waals surface area (Å²) < 4.78 is 0. The zero-order valence-electron chi connectivity index (χ0n) is 11.7. The quantitative estimate of drug-likeness (QED) is 0.452. The van der Waals surface area contributed by atoms with Gasteiger partial charge in [0.2, 0.25) is 0 Å². The maximum absolute atomic E-state index is 10.6. The fourth-order valence-electron chi connectivity index (χ4n) is 1.88. The highest BCUT2D eigenvalue weighted by molar-refractivity contribution is 6.35. The van der Waals surface area contributed by atoms with Gasteiger partial charge >= 0.3 is 0 Å². The van der Waals surface area contributed by atoms with E-state index in [1.54, 1.807) is 24.3 Å². The van der Waals surface area contributed by atoms with Crippen LogP contribution in [0.3, 0.4) is 0 Å². The Kier molecular flexibility index (Phi) is 6.00. The number of benzene rings is 2. The molecular weight excluding hydrogens is 325 g/mol. The Bertz CT molecular complexity index is 648. The summed E-state index contributed by atoms with van der Waals surface area (Å²) in [5.74, 6) is 0. The second-order valence-electron chi connectivity index (χ2n) is 4.64. The van der Waals surface area contributed by atoms with E-state index in [0.29, 0.717) is 23.1 Å². The largest absolute Gasteiger partial charge is 0.384 e. The van der Waals surface area contributed by atoms with Gasteiger partial charge in [-0.05, 0) is 29.8 Å². The maximum atomic E-state index is 10.6. The lowest BCUT2D eigenvalue weighted by molar-refractivity contribution is -0.384. The third kappa shape index (κ3) is 4.87. The second kappa shape index (κ2) is 7.98. The number of nitro groups is 1. The van der Waals surface area contributed by atoms with Crippen molar-refractivity contribution in [2.45, 2.75) is 6.54 Å². The predicted octanol–water partition coefficient (Wildman–Crippen LogP) is 4.10. The Labute approximate surface area is 138 Å². The van der Waals surface area contributed by atoms with Crippen molar-refractivity contribution in [3.63, 3.8) is 0 Å². The van der Waals surface area contributed by atoms with Gasteiger partial charge in [0.05, 0.1) is 4.92 Å². The second-order valence-corrected chi connectivity index (χ2v) is 5.49. The van der Waals surface area contributed by atoms with Crippen molar-refractivity contribution in [1.29, 1.82) is 0 Å². The highest BCUT2D eigenvalue weighted by Crippen LogP contribution is 2.20. The van der Waals surface area contributed by atoms with Crippen LogP contribution >= 0.6 is 23.2 Å². The molecule has 2 N–H and O–H groups in total. The molecule has 7 heteroatoms. The van der Waals surface area contributed by atoms with Gasteiger partial charge in [0.15, 0.2) is 0 Å². The molecular formula is C15H15Cl2N3O2. The average molecular weight is 340 g/mol. The minimum Gasteiger partial charge on any atom is -0.384 e. The van der Waals surface area contributed by atoms with Crippen LogP contribution in [0.5, 0.6) is 0 Å². The van der Waals surface area contributed by atoms with E-state index in [2.05, 4.69) is 10.6 Å². The number of hydrogen-bond donors (Lipinski definition) is 2. The molecule has 2 aromatic carbocycles. The summed E-state index contributed by atoms with van der Waals surface area (Å²) in [6.07, 6.45) is 0. The monoisotopic (exact) mass is 339 g/mol. The van der Waals surface area contributed by atoms with E-state index in [1.807, 2.05) is 6.07 Å². The molecule has 0 fully saturated rings. The third-order valence-electron chi connectivity index (χ3n) is 3.04. The first kappa shape index (κ1) is 16.5. The minimum atomic E-state index is -0.415. The number of halogens is 2. The van der Waals surface area contributed by atoms with Gasteiger partial charge in [-0.25, -0.2) is 0 Å². The van der Waals surface area contributed by atoms with E-state index < -0.39 is 4.92 Å². The topological polar surface area (TPSA) is 67.2 Å². The fraction of sp³-hybridized carbons (Fsp3) is 0.200. The van der Waals surface area contributed by atoms with Crippen LogP contribution in [0.25, 0.3) is 0 Å². The van der Waals surface area contributed by atoms with Crippen molar-refractivity contribution in [2.24, 2.45) is 0 Å². The van der Waals surface area contributed by atoms with Crippen molar-refractivity contribution in [3.05, 3.63) is 68.2 Å². The number of nitro benzene ring substituents is 1. The number of anilines is 1. The Balaban J connectivity index is 1.72. The van der Waals surface area contributed by atoms with E-state index in [0.717, 1.165) is 17.8 Å². The molecule has 0 aliphatic carbocycles. The molecule has 0 aromatic heterocycles. The SMILES string of the molecule is O=[N+]([O-])c1ccc(NCCNCc2ccc(Cl)cc2Cl)cc1. The molecule has 0 atom stereocenters. The third-order valence-corrected chi connectivity index (χ3v) is 3.63. The molecule has 0 aliphatic heterocycles. The van der Waals surface area contributed by atoms with Crippen molar-refractivity contribution in [3.8, 4) is 0 Å². The van der Waals surface area contributed by atoms with Crippen LogP contribution in [0, 0.1) is 10.1 Å². The fourth-order valence-corrected chi connectivity index (χ4v) is 2.36. The summed E-state index contributed by atoms with van der Waals surface area (Å²) >= 11 is 11.9. The summed E-state index contributed by atoms with van der Waals surface area (Å²) in [6, 6.07) is 11.7. The summed E-state index contributed by atoms with van der Waals surface area (Å²) in [5, 5.41) is 18.3. The van der Waals surface area contributed by atoms with Gasteiger partial charge in [-0.2, -0.15) is 0 Å². The van der Waals surface area contributed by atoms with Gasteiger partial charge in [0.1, 0.15) is 0 Å². The predicted molar refractivity (Wildman–Crippen MR) is 89.8 cm³/mol. The molecule has 0 saturated heterocycles. The zero-order valence-corrected chi connectivity index (χ0v) is 13.2. The molecule has 0 unspecified atom stereocenters. The van der Waals surface area contributed by atoms with Crippen LogP contribution in [0.1, 0.15) is 5.56 Å². The lowest BCUT2D eigenvalue weighted by atomic mass is 10.2. The van der Waals surface area contributed by atoms with Crippen LogP contribution < -0.4 is 10.6 Å². The Hall–Kier alpha value is -1.82. The molecule has 5 nitrogen and oxygen atoms in total. The average Bonchev–Trinajstić information content (AvgIpc) is 2.49. The van der Waals surface area contributed by atoms with Crippen molar-refractivity contribution in [2.75, 3.05) is 18.4 Å². The van der Waals surface area contributed by atoms with E-state index in [4.69, 9.17) is 23.2 Å². The first-order valence-electron chi connectivity index (χ1n) is 6.69. The van der Waals surface area contributed by atoms with Crippen LogP contribution in [0.15, 0.2) is 42.5 Å².